The van der Waals surface area contributed by atoms with Crippen LogP contribution < -0.4 is 0 Å². The minimum absolute atomic E-state index is 0.0827. The normalized spacial score (nSPS) is 38.0. The average molecular weight is 430 g/mol. The van der Waals surface area contributed by atoms with Crippen molar-refractivity contribution in [1.82, 2.24) is 14.7 Å². The van der Waals surface area contributed by atoms with Crippen LogP contribution in [0.1, 0.15) is 72.1 Å². The first-order chi connectivity index (χ1) is 14.6. The summed E-state index contributed by atoms with van der Waals surface area (Å²) in [5, 5.41) is 0. The fraction of sp³-hybridized carbons (Fsp3) is 0.880. The lowest BCUT2D eigenvalue weighted by Gasteiger charge is -2.56. The number of rotatable bonds is 2. The number of carbonyl (C=O) groups is 3. The third-order valence-corrected chi connectivity index (χ3v) is 8.87. The topological polar surface area (TPSA) is 60.9 Å². The second-order valence-corrected chi connectivity index (χ2v) is 12.2. The Balaban J connectivity index is 1.21. The molecule has 2 aliphatic heterocycles. The number of nitrogens with zero attached hydrogens (tertiary/aromatic N) is 3. The summed E-state index contributed by atoms with van der Waals surface area (Å²) in [7, 11) is 0. The Morgan fingerprint density at radius 2 is 1.42 bits per heavy atom. The van der Waals surface area contributed by atoms with E-state index in [1.807, 2.05) is 30.6 Å². The van der Waals surface area contributed by atoms with Gasteiger partial charge in [0.1, 0.15) is 0 Å². The molecule has 3 amide bonds. The van der Waals surface area contributed by atoms with Crippen molar-refractivity contribution in [2.45, 2.75) is 77.7 Å². The van der Waals surface area contributed by atoms with Crippen molar-refractivity contribution < 1.29 is 14.4 Å². The maximum atomic E-state index is 13.7. The summed E-state index contributed by atoms with van der Waals surface area (Å²) in [5.41, 5.74) is -0.342. The summed E-state index contributed by atoms with van der Waals surface area (Å²) in [5.74, 6) is 2.64. The van der Waals surface area contributed by atoms with Gasteiger partial charge in [0, 0.05) is 44.7 Å². The summed E-state index contributed by atoms with van der Waals surface area (Å²) < 4.78 is 0. The molecule has 0 radical (unpaired) electrons. The molecule has 6 fully saturated rings. The number of likely N-dealkylation sites (tertiary alicyclic amines) is 1. The monoisotopic (exact) mass is 429 g/mol. The Bertz CT molecular complexity index is 735. The highest BCUT2D eigenvalue weighted by Gasteiger charge is 2.55. The summed E-state index contributed by atoms with van der Waals surface area (Å²) >= 11 is 0. The Kier molecular flexibility index (Phi) is 5.13. The molecule has 4 saturated carbocycles. The molecule has 0 N–H and O–H groups in total. The fourth-order valence-corrected chi connectivity index (χ4v) is 7.83. The molecule has 0 aromatic heterocycles. The van der Waals surface area contributed by atoms with E-state index in [-0.39, 0.29) is 28.7 Å². The second kappa shape index (κ2) is 7.48. The SMILES string of the molecule is CC(C)(C)N1CC(C(=O)N2CCCN(C(=O)C34CC5CC(CC(C5)C3)C4)CC2)CC1=O. The van der Waals surface area contributed by atoms with E-state index in [9.17, 15) is 14.4 Å². The van der Waals surface area contributed by atoms with Crippen molar-refractivity contribution in [3.05, 3.63) is 0 Å². The van der Waals surface area contributed by atoms with Crippen LogP contribution in [0.2, 0.25) is 0 Å². The zero-order chi connectivity index (χ0) is 22.0. The zero-order valence-corrected chi connectivity index (χ0v) is 19.6. The van der Waals surface area contributed by atoms with Crippen molar-refractivity contribution in [3.63, 3.8) is 0 Å². The lowest BCUT2D eigenvalue weighted by Crippen LogP contribution is -2.55. The van der Waals surface area contributed by atoms with E-state index in [1.54, 1.807) is 0 Å². The molecule has 6 heteroatoms. The van der Waals surface area contributed by atoms with E-state index in [0.717, 1.165) is 50.0 Å². The number of carbonyl (C=O) groups excluding carboxylic acids is 3. The first-order valence-corrected chi connectivity index (χ1v) is 12.5. The zero-order valence-electron chi connectivity index (χ0n) is 19.6. The second-order valence-electron chi connectivity index (χ2n) is 12.2. The van der Waals surface area contributed by atoms with Gasteiger partial charge in [0.25, 0.3) is 0 Å². The summed E-state index contributed by atoms with van der Waals surface area (Å²) in [6, 6.07) is 0. The molecule has 1 atom stereocenters. The lowest BCUT2D eigenvalue weighted by molar-refractivity contribution is -0.157. The Labute approximate surface area is 186 Å². The van der Waals surface area contributed by atoms with Gasteiger partial charge < -0.3 is 14.7 Å². The van der Waals surface area contributed by atoms with E-state index in [2.05, 4.69) is 4.90 Å². The van der Waals surface area contributed by atoms with Crippen LogP contribution in [0.5, 0.6) is 0 Å². The molecule has 4 aliphatic carbocycles. The molecule has 2 heterocycles. The smallest absolute Gasteiger partial charge is 0.228 e. The highest BCUT2D eigenvalue weighted by Crippen LogP contribution is 2.60. The standard InChI is InChI=1S/C25H39N3O3/c1-24(2,3)28-16-20(12-21(28)29)22(30)26-5-4-6-27(8-7-26)23(31)25-13-17-9-18(14-25)11-19(10-17)15-25/h17-20H,4-16H2,1-3H3. The molecule has 0 spiro atoms. The molecule has 6 nitrogen and oxygen atoms in total. The van der Waals surface area contributed by atoms with Gasteiger partial charge in [-0.15, -0.1) is 0 Å². The minimum atomic E-state index is -0.244. The van der Waals surface area contributed by atoms with Crippen molar-refractivity contribution in [2.24, 2.45) is 29.1 Å². The van der Waals surface area contributed by atoms with Gasteiger partial charge in [-0.25, -0.2) is 0 Å². The van der Waals surface area contributed by atoms with Gasteiger partial charge in [0.15, 0.2) is 0 Å². The van der Waals surface area contributed by atoms with Gasteiger partial charge in [-0.2, -0.15) is 0 Å². The van der Waals surface area contributed by atoms with Crippen LogP contribution in [0.4, 0.5) is 0 Å². The van der Waals surface area contributed by atoms with Crippen LogP contribution >= 0.6 is 0 Å². The predicted octanol–water partition coefficient (Wildman–Crippen LogP) is 2.91. The van der Waals surface area contributed by atoms with Crippen LogP contribution in [-0.4, -0.2) is 70.7 Å². The molecule has 1 unspecified atom stereocenters. The van der Waals surface area contributed by atoms with Gasteiger partial charge in [-0.3, -0.25) is 14.4 Å². The molecule has 2 saturated heterocycles. The highest BCUT2D eigenvalue weighted by atomic mass is 16.2. The predicted molar refractivity (Wildman–Crippen MR) is 118 cm³/mol. The quantitative estimate of drug-likeness (QED) is 0.678. The van der Waals surface area contributed by atoms with E-state index in [4.69, 9.17) is 0 Å². The van der Waals surface area contributed by atoms with Crippen molar-refractivity contribution >= 4 is 17.7 Å². The Morgan fingerprint density at radius 1 is 0.871 bits per heavy atom. The minimum Gasteiger partial charge on any atom is -0.341 e. The highest BCUT2D eigenvalue weighted by molar-refractivity contribution is 5.90. The first-order valence-electron chi connectivity index (χ1n) is 12.5. The molecule has 4 bridgehead atoms. The number of amides is 3. The maximum absolute atomic E-state index is 13.7. The van der Waals surface area contributed by atoms with Crippen LogP contribution in [-0.2, 0) is 14.4 Å². The van der Waals surface area contributed by atoms with E-state index in [1.165, 1.54) is 19.3 Å². The number of hydrogen-bond acceptors (Lipinski definition) is 3. The van der Waals surface area contributed by atoms with Crippen molar-refractivity contribution in [1.29, 1.82) is 0 Å². The van der Waals surface area contributed by atoms with E-state index >= 15 is 0 Å². The molecular weight excluding hydrogens is 390 g/mol. The maximum Gasteiger partial charge on any atom is 0.228 e. The largest absolute Gasteiger partial charge is 0.341 e. The lowest BCUT2D eigenvalue weighted by atomic mass is 9.49. The Morgan fingerprint density at radius 3 is 1.97 bits per heavy atom. The first kappa shape index (κ1) is 21.3. The molecule has 0 aromatic rings. The summed E-state index contributed by atoms with van der Waals surface area (Å²) in [6.45, 7) is 9.32. The third-order valence-electron chi connectivity index (χ3n) is 8.87. The van der Waals surface area contributed by atoms with E-state index < -0.39 is 0 Å². The van der Waals surface area contributed by atoms with Crippen LogP contribution in [0.25, 0.3) is 0 Å². The van der Waals surface area contributed by atoms with Crippen LogP contribution in [0.3, 0.4) is 0 Å². The molecule has 6 aliphatic rings. The van der Waals surface area contributed by atoms with Crippen LogP contribution in [0, 0.1) is 29.1 Å². The van der Waals surface area contributed by atoms with Crippen LogP contribution in [0.15, 0.2) is 0 Å². The molecule has 0 aromatic carbocycles. The third kappa shape index (κ3) is 3.78. The fourth-order valence-electron chi connectivity index (χ4n) is 7.83. The number of hydrogen-bond donors (Lipinski definition) is 0. The van der Waals surface area contributed by atoms with Crippen molar-refractivity contribution in [3.8, 4) is 0 Å². The van der Waals surface area contributed by atoms with Gasteiger partial charge in [0.2, 0.25) is 17.7 Å². The molecule has 172 valence electrons. The molecule has 31 heavy (non-hydrogen) atoms. The van der Waals surface area contributed by atoms with Gasteiger partial charge in [-0.1, -0.05) is 0 Å². The van der Waals surface area contributed by atoms with Gasteiger partial charge >= 0.3 is 0 Å². The average Bonchev–Trinajstić information content (AvgIpc) is 2.93. The van der Waals surface area contributed by atoms with Crippen molar-refractivity contribution in [2.75, 3.05) is 32.7 Å². The van der Waals surface area contributed by atoms with Gasteiger partial charge in [-0.05, 0) is 83.5 Å². The summed E-state index contributed by atoms with van der Waals surface area (Å²) in [6.07, 6.45) is 8.51. The van der Waals surface area contributed by atoms with E-state index in [0.29, 0.717) is 38.5 Å². The molecular formula is C25H39N3O3. The van der Waals surface area contributed by atoms with Gasteiger partial charge in [0.05, 0.1) is 11.3 Å². The summed E-state index contributed by atoms with van der Waals surface area (Å²) in [4.78, 5) is 45.2. The molecule has 6 rings (SSSR count). The Hall–Kier alpha value is -1.59.